The van der Waals surface area contributed by atoms with Gasteiger partial charge in [-0.05, 0) is 26.2 Å². The molecule has 1 aromatic rings. The Balaban J connectivity index is 2.33. The van der Waals surface area contributed by atoms with Gasteiger partial charge in [0.25, 0.3) is 0 Å². The monoisotopic (exact) mass is 287 g/mol. The first-order valence-corrected chi connectivity index (χ1v) is 7.49. The van der Waals surface area contributed by atoms with E-state index in [9.17, 15) is 13.2 Å². The minimum Gasteiger partial charge on any atom is -0.480 e. The topological polar surface area (TPSA) is 101 Å². The molecule has 1 fully saturated rings. The Labute approximate surface area is 111 Å². The quantitative estimate of drug-likeness (QED) is 0.809. The molecule has 0 aliphatic heterocycles. The van der Waals surface area contributed by atoms with Crippen LogP contribution in [0, 0.1) is 19.8 Å². The highest BCUT2D eigenvalue weighted by molar-refractivity contribution is 7.89. The lowest BCUT2D eigenvalue weighted by atomic mass is 10.4. The van der Waals surface area contributed by atoms with Crippen LogP contribution >= 0.6 is 0 Å². The molecule has 2 unspecified atom stereocenters. The van der Waals surface area contributed by atoms with Crippen molar-refractivity contribution in [1.29, 1.82) is 0 Å². The standard InChI is InChI=1S/C11H17N3O4S/c1-6-4-9(6)13-19(17,18)11-7(2)12-14(8(11)3)5-10(15)16/h6,9,13H,4-5H2,1-3H3,(H,15,16). The summed E-state index contributed by atoms with van der Waals surface area (Å²) in [6.07, 6.45) is 0.834. The number of carboxylic acids is 1. The van der Waals surface area contributed by atoms with E-state index in [1.807, 2.05) is 6.92 Å². The summed E-state index contributed by atoms with van der Waals surface area (Å²) in [5.74, 6) is -0.706. The van der Waals surface area contributed by atoms with Crippen LogP contribution in [0.2, 0.25) is 0 Å². The van der Waals surface area contributed by atoms with Crippen LogP contribution in [0.3, 0.4) is 0 Å². The zero-order valence-corrected chi connectivity index (χ0v) is 11.9. The van der Waals surface area contributed by atoms with Gasteiger partial charge in [0, 0.05) is 6.04 Å². The molecular formula is C11H17N3O4S. The van der Waals surface area contributed by atoms with E-state index >= 15 is 0 Å². The summed E-state index contributed by atoms with van der Waals surface area (Å²) in [6, 6.07) is -0.0216. The van der Waals surface area contributed by atoms with E-state index in [-0.39, 0.29) is 17.5 Å². The minimum absolute atomic E-state index is 0.0216. The number of carbonyl (C=O) groups is 1. The van der Waals surface area contributed by atoms with E-state index in [1.165, 1.54) is 4.68 Å². The van der Waals surface area contributed by atoms with Gasteiger partial charge in [0.1, 0.15) is 11.4 Å². The molecule has 19 heavy (non-hydrogen) atoms. The molecule has 0 bridgehead atoms. The third-order valence-corrected chi connectivity index (χ3v) is 5.03. The maximum atomic E-state index is 12.3. The number of hydrogen-bond acceptors (Lipinski definition) is 4. The fourth-order valence-electron chi connectivity index (χ4n) is 2.10. The number of nitrogens with one attached hydrogen (secondary N) is 1. The summed E-state index contributed by atoms with van der Waals surface area (Å²) in [5.41, 5.74) is 0.667. The minimum atomic E-state index is -3.63. The van der Waals surface area contributed by atoms with Crippen molar-refractivity contribution in [3.05, 3.63) is 11.4 Å². The third kappa shape index (κ3) is 2.79. The van der Waals surface area contributed by atoms with E-state index in [2.05, 4.69) is 9.82 Å². The molecule has 0 saturated heterocycles. The molecule has 2 atom stereocenters. The van der Waals surface area contributed by atoms with Crippen LogP contribution in [0.15, 0.2) is 4.90 Å². The van der Waals surface area contributed by atoms with Gasteiger partial charge in [0.2, 0.25) is 10.0 Å². The Bertz CT molecular complexity index is 620. The van der Waals surface area contributed by atoms with Crippen molar-refractivity contribution in [2.45, 2.75) is 44.7 Å². The van der Waals surface area contributed by atoms with Crippen molar-refractivity contribution in [3.63, 3.8) is 0 Å². The van der Waals surface area contributed by atoms with Gasteiger partial charge in [-0.3, -0.25) is 9.48 Å². The first kappa shape index (κ1) is 14.0. The van der Waals surface area contributed by atoms with Gasteiger partial charge >= 0.3 is 5.97 Å². The van der Waals surface area contributed by atoms with Gasteiger partial charge in [-0.1, -0.05) is 6.92 Å². The number of aromatic nitrogens is 2. The Morgan fingerprint density at radius 2 is 2.11 bits per heavy atom. The molecule has 1 saturated carbocycles. The molecule has 1 heterocycles. The molecular weight excluding hydrogens is 270 g/mol. The zero-order chi connectivity index (χ0) is 14.4. The largest absolute Gasteiger partial charge is 0.480 e. The fourth-order valence-corrected chi connectivity index (χ4v) is 3.86. The molecule has 0 amide bonds. The molecule has 8 heteroatoms. The predicted octanol–water partition coefficient (Wildman–Crippen LogP) is 0.271. The lowest BCUT2D eigenvalue weighted by Gasteiger charge is -2.06. The highest BCUT2D eigenvalue weighted by Gasteiger charge is 2.38. The highest BCUT2D eigenvalue weighted by atomic mass is 32.2. The molecule has 1 aliphatic carbocycles. The number of hydrogen-bond donors (Lipinski definition) is 2. The highest BCUT2D eigenvalue weighted by Crippen LogP contribution is 2.31. The Morgan fingerprint density at radius 3 is 2.58 bits per heavy atom. The molecule has 1 aromatic heterocycles. The van der Waals surface area contributed by atoms with Crippen LogP contribution in [0.5, 0.6) is 0 Å². The zero-order valence-electron chi connectivity index (χ0n) is 11.0. The van der Waals surface area contributed by atoms with Crippen molar-refractivity contribution in [2.24, 2.45) is 5.92 Å². The second kappa shape index (κ2) is 4.61. The lowest BCUT2D eigenvalue weighted by molar-refractivity contribution is -0.137. The average molecular weight is 287 g/mol. The second-order valence-corrected chi connectivity index (χ2v) is 6.64. The maximum Gasteiger partial charge on any atom is 0.325 e. The van der Waals surface area contributed by atoms with Crippen molar-refractivity contribution >= 4 is 16.0 Å². The van der Waals surface area contributed by atoms with Gasteiger partial charge in [-0.25, -0.2) is 13.1 Å². The Morgan fingerprint density at radius 1 is 1.53 bits per heavy atom. The number of sulfonamides is 1. The molecule has 106 valence electrons. The summed E-state index contributed by atoms with van der Waals surface area (Å²) < 4.78 is 28.3. The molecule has 2 N–H and O–H groups in total. The summed E-state index contributed by atoms with van der Waals surface area (Å²) in [5, 5.41) is 12.7. The number of carboxylic acid groups (broad SMARTS) is 1. The number of aryl methyl sites for hydroxylation is 1. The smallest absolute Gasteiger partial charge is 0.325 e. The molecule has 2 rings (SSSR count). The van der Waals surface area contributed by atoms with E-state index < -0.39 is 16.0 Å². The van der Waals surface area contributed by atoms with Crippen LogP contribution in [-0.2, 0) is 21.4 Å². The normalized spacial score (nSPS) is 22.5. The SMILES string of the molecule is Cc1nn(CC(=O)O)c(C)c1S(=O)(=O)NC1CC1C. The van der Waals surface area contributed by atoms with Crippen molar-refractivity contribution in [3.8, 4) is 0 Å². The molecule has 0 aromatic carbocycles. The van der Waals surface area contributed by atoms with Gasteiger partial charge in [-0.15, -0.1) is 0 Å². The van der Waals surface area contributed by atoms with Gasteiger partial charge in [-0.2, -0.15) is 5.10 Å². The fraction of sp³-hybridized carbons (Fsp3) is 0.636. The first-order valence-electron chi connectivity index (χ1n) is 6.00. The van der Waals surface area contributed by atoms with Crippen molar-refractivity contribution < 1.29 is 18.3 Å². The summed E-state index contributed by atoms with van der Waals surface area (Å²) in [6.45, 7) is 4.76. The molecule has 0 radical (unpaired) electrons. The van der Waals surface area contributed by atoms with Crippen LogP contribution < -0.4 is 4.72 Å². The van der Waals surface area contributed by atoms with Crippen LogP contribution in [0.25, 0.3) is 0 Å². The van der Waals surface area contributed by atoms with Gasteiger partial charge in [0.15, 0.2) is 0 Å². The Hall–Kier alpha value is -1.41. The number of aliphatic carboxylic acids is 1. The summed E-state index contributed by atoms with van der Waals surface area (Å²) >= 11 is 0. The Kier molecular flexibility index (Phi) is 3.40. The molecule has 0 spiro atoms. The summed E-state index contributed by atoms with van der Waals surface area (Å²) in [4.78, 5) is 10.8. The van der Waals surface area contributed by atoms with Gasteiger partial charge in [0.05, 0.1) is 11.4 Å². The number of nitrogens with zero attached hydrogens (tertiary/aromatic N) is 2. The molecule has 7 nitrogen and oxygen atoms in total. The van der Waals surface area contributed by atoms with Crippen LogP contribution in [0.1, 0.15) is 24.7 Å². The van der Waals surface area contributed by atoms with Gasteiger partial charge < -0.3 is 5.11 Å². The number of rotatable bonds is 5. The van der Waals surface area contributed by atoms with E-state index in [1.54, 1.807) is 13.8 Å². The van der Waals surface area contributed by atoms with Crippen LogP contribution in [0.4, 0.5) is 0 Å². The lowest BCUT2D eigenvalue weighted by Crippen LogP contribution is -2.27. The predicted molar refractivity (Wildman–Crippen MR) is 67.2 cm³/mol. The third-order valence-electron chi connectivity index (χ3n) is 3.28. The van der Waals surface area contributed by atoms with E-state index in [0.717, 1.165) is 6.42 Å². The first-order chi connectivity index (χ1) is 8.72. The summed E-state index contributed by atoms with van der Waals surface area (Å²) in [7, 11) is -3.63. The molecule has 1 aliphatic rings. The maximum absolute atomic E-state index is 12.3. The average Bonchev–Trinajstić information content (AvgIpc) is 2.81. The second-order valence-electron chi connectivity index (χ2n) is 4.99. The van der Waals surface area contributed by atoms with E-state index in [4.69, 9.17) is 5.11 Å². The van der Waals surface area contributed by atoms with E-state index in [0.29, 0.717) is 17.3 Å². The van der Waals surface area contributed by atoms with Crippen molar-refractivity contribution in [1.82, 2.24) is 14.5 Å². The van der Waals surface area contributed by atoms with Crippen LogP contribution in [-0.4, -0.2) is 35.3 Å². The van der Waals surface area contributed by atoms with Crippen molar-refractivity contribution in [2.75, 3.05) is 0 Å².